The molecule has 0 aromatic heterocycles. The third kappa shape index (κ3) is 6.31. The molecular formula is C23H33N3O3. The smallest absolute Gasteiger partial charge is 0.203 e. The number of rotatable bonds is 10. The van der Waals surface area contributed by atoms with Crippen molar-refractivity contribution >= 4 is 5.96 Å². The summed E-state index contributed by atoms with van der Waals surface area (Å²) in [5.74, 6) is 3.06. The molecule has 158 valence electrons. The average molecular weight is 400 g/mol. The largest absolute Gasteiger partial charge is 0.493 e. The zero-order valence-corrected chi connectivity index (χ0v) is 18.1. The van der Waals surface area contributed by atoms with E-state index in [4.69, 9.17) is 19.2 Å². The van der Waals surface area contributed by atoms with Crippen LogP contribution >= 0.6 is 0 Å². The summed E-state index contributed by atoms with van der Waals surface area (Å²) in [6.07, 6.45) is 1.06. The Morgan fingerprint density at radius 1 is 0.931 bits per heavy atom. The van der Waals surface area contributed by atoms with E-state index in [2.05, 4.69) is 48.7 Å². The minimum atomic E-state index is 0.432. The first kappa shape index (κ1) is 22.4. The molecular weight excluding hydrogens is 366 g/mol. The lowest BCUT2D eigenvalue weighted by Gasteiger charge is -2.19. The molecule has 0 saturated carbocycles. The van der Waals surface area contributed by atoms with Crippen LogP contribution in [-0.4, -0.2) is 40.4 Å². The monoisotopic (exact) mass is 399 g/mol. The van der Waals surface area contributed by atoms with Crippen LogP contribution in [0.4, 0.5) is 0 Å². The fraction of sp³-hybridized carbons (Fsp3) is 0.435. The molecule has 1 unspecified atom stereocenters. The predicted molar refractivity (Wildman–Crippen MR) is 118 cm³/mol. The molecule has 0 fully saturated rings. The molecule has 0 radical (unpaired) electrons. The zero-order valence-electron chi connectivity index (χ0n) is 18.1. The summed E-state index contributed by atoms with van der Waals surface area (Å²) in [7, 11) is 4.83. The number of methoxy groups -OCH3 is 3. The molecule has 2 N–H and O–H groups in total. The summed E-state index contributed by atoms with van der Waals surface area (Å²) in [6, 6.07) is 14.4. The fourth-order valence-electron chi connectivity index (χ4n) is 3.18. The van der Waals surface area contributed by atoms with Crippen molar-refractivity contribution in [3.05, 3.63) is 53.6 Å². The molecule has 0 aliphatic carbocycles. The summed E-state index contributed by atoms with van der Waals surface area (Å²) in [5.41, 5.74) is 2.31. The number of ether oxygens (including phenoxy) is 3. The van der Waals surface area contributed by atoms with Gasteiger partial charge in [0, 0.05) is 19.0 Å². The lowest BCUT2D eigenvalue weighted by molar-refractivity contribution is 0.324. The maximum atomic E-state index is 5.43. The Hall–Kier alpha value is -2.89. The maximum absolute atomic E-state index is 5.43. The van der Waals surface area contributed by atoms with E-state index in [1.807, 2.05) is 18.2 Å². The first-order valence-corrected chi connectivity index (χ1v) is 10.0. The van der Waals surface area contributed by atoms with E-state index in [-0.39, 0.29) is 0 Å². The van der Waals surface area contributed by atoms with Gasteiger partial charge in [0.1, 0.15) is 0 Å². The van der Waals surface area contributed by atoms with Gasteiger partial charge in [-0.05, 0) is 36.6 Å². The standard InChI is InChI=1S/C23H33N3O3/c1-6-18(19-11-9-8-10-12-19)16-26-23(24-7-2)25-15-17-13-20(27-3)22(29-5)21(14-17)28-4/h8-14,18H,6-7,15-16H2,1-5H3,(H2,24,25,26). The minimum absolute atomic E-state index is 0.432. The van der Waals surface area contributed by atoms with Crippen molar-refractivity contribution in [3.8, 4) is 17.2 Å². The van der Waals surface area contributed by atoms with Crippen LogP contribution in [0.1, 0.15) is 37.3 Å². The predicted octanol–water partition coefficient (Wildman–Crippen LogP) is 3.96. The Bertz CT molecular complexity index is 753. The summed E-state index contributed by atoms with van der Waals surface area (Å²) in [6.45, 7) is 6.38. The van der Waals surface area contributed by atoms with E-state index in [9.17, 15) is 0 Å². The Balaban J connectivity index is 2.12. The molecule has 6 nitrogen and oxygen atoms in total. The van der Waals surface area contributed by atoms with Crippen LogP contribution in [0.5, 0.6) is 17.2 Å². The van der Waals surface area contributed by atoms with E-state index in [0.29, 0.717) is 29.7 Å². The number of hydrogen-bond acceptors (Lipinski definition) is 4. The number of nitrogens with one attached hydrogen (secondary N) is 2. The first-order chi connectivity index (χ1) is 14.2. The van der Waals surface area contributed by atoms with Gasteiger partial charge in [-0.25, -0.2) is 4.99 Å². The van der Waals surface area contributed by atoms with Crippen LogP contribution in [0.3, 0.4) is 0 Å². The van der Waals surface area contributed by atoms with Gasteiger partial charge in [-0.2, -0.15) is 0 Å². The average Bonchev–Trinajstić information content (AvgIpc) is 2.77. The highest BCUT2D eigenvalue weighted by Gasteiger charge is 2.13. The van der Waals surface area contributed by atoms with Crippen molar-refractivity contribution in [3.63, 3.8) is 0 Å². The number of hydrogen-bond donors (Lipinski definition) is 2. The number of benzene rings is 2. The molecule has 29 heavy (non-hydrogen) atoms. The van der Waals surface area contributed by atoms with Crippen molar-refractivity contribution in [1.29, 1.82) is 0 Å². The molecule has 1 atom stereocenters. The molecule has 0 saturated heterocycles. The highest BCUT2D eigenvalue weighted by molar-refractivity contribution is 5.79. The van der Waals surface area contributed by atoms with Gasteiger partial charge in [-0.15, -0.1) is 0 Å². The lowest BCUT2D eigenvalue weighted by Crippen LogP contribution is -2.39. The first-order valence-electron chi connectivity index (χ1n) is 10.0. The normalized spacial score (nSPS) is 12.2. The van der Waals surface area contributed by atoms with E-state index in [1.54, 1.807) is 21.3 Å². The SMILES string of the molecule is CCNC(=NCc1cc(OC)c(OC)c(OC)c1)NCC(CC)c1ccccc1. The molecule has 0 bridgehead atoms. The number of guanidine groups is 1. The highest BCUT2D eigenvalue weighted by Crippen LogP contribution is 2.38. The van der Waals surface area contributed by atoms with Gasteiger partial charge in [-0.1, -0.05) is 37.3 Å². The van der Waals surface area contributed by atoms with Gasteiger partial charge in [-0.3, -0.25) is 0 Å². The van der Waals surface area contributed by atoms with Crippen LogP contribution in [0.2, 0.25) is 0 Å². The van der Waals surface area contributed by atoms with Gasteiger partial charge in [0.25, 0.3) is 0 Å². The van der Waals surface area contributed by atoms with Crippen LogP contribution in [0.15, 0.2) is 47.5 Å². The summed E-state index contributed by atoms with van der Waals surface area (Å²) in [4.78, 5) is 4.73. The third-order valence-electron chi connectivity index (χ3n) is 4.77. The van der Waals surface area contributed by atoms with Crippen molar-refractivity contribution in [2.75, 3.05) is 34.4 Å². The maximum Gasteiger partial charge on any atom is 0.203 e. The van der Waals surface area contributed by atoms with Crippen LogP contribution in [0, 0.1) is 0 Å². The summed E-state index contributed by atoms with van der Waals surface area (Å²) >= 11 is 0. The Labute approximate surface area is 174 Å². The highest BCUT2D eigenvalue weighted by atomic mass is 16.5. The van der Waals surface area contributed by atoms with E-state index >= 15 is 0 Å². The van der Waals surface area contributed by atoms with Gasteiger partial charge >= 0.3 is 0 Å². The van der Waals surface area contributed by atoms with Gasteiger partial charge in [0.15, 0.2) is 17.5 Å². The fourth-order valence-corrected chi connectivity index (χ4v) is 3.18. The number of nitrogens with zero attached hydrogens (tertiary/aromatic N) is 1. The molecule has 0 aliphatic heterocycles. The second-order valence-electron chi connectivity index (χ2n) is 6.63. The van der Waals surface area contributed by atoms with Gasteiger partial charge in [0.05, 0.1) is 27.9 Å². The molecule has 0 amide bonds. The third-order valence-corrected chi connectivity index (χ3v) is 4.77. The molecule has 0 aliphatic rings. The Kier molecular flexibility index (Phi) is 9.15. The molecule has 2 rings (SSSR count). The van der Waals surface area contributed by atoms with Gasteiger partial charge < -0.3 is 24.8 Å². The number of aliphatic imine (C=N–C) groups is 1. The van der Waals surface area contributed by atoms with Gasteiger partial charge in [0.2, 0.25) is 5.75 Å². The van der Waals surface area contributed by atoms with E-state index in [0.717, 1.165) is 31.0 Å². The van der Waals surface area contributed by atoms with Crippen molar-refractivity contribution in [2.24, 2.45) is 4.99 Å². The van der Waals surface area contributed by atoms with E-state index in [1.165, 1.54) is 5.56 Å². The Morgan fingerprint density at radius 3 is 2.10 bits per heavy atom. The summed E-state index contributed by atoms with van der Waals surface area (Å²) < 4.78 is 16.2. The van der Waals surface area contributed by atoms with Crippen LogP contribution in [-0.2, 0) is 6.54 Å². The minimum Gasteiger partial charge on any atom is -0.493 e. The van der Waals surface area contributed by atoms with Crippen molar-refractivity contribution < 1.29 is 14.2 Å². The topological polar surface area (TPSA) is 64.1 Å². The molecule has 2 aromatic rings. The lowest BCUT2D eigenvalue weighted by atomic mass is 9.97. The summed E-state index contributed by atoms with van der Waals surface area (Å²) in [5, 5.41) is 6.79. The Morgan fingerprint density at radius 2 is 1.59 bits per heavy atom. The van der Waals surface area contributed by atoms with Crippen LogP contribution in [0.25, 0.3) is 0 Å². The second-order valence-corrected chi connectivity index (χ2v) is 6.63. The van der Waals surface area contributed by atoms with Crippen LogP contribution < -0.4 is 24.8 Å². The zero-order chi connectivity index (χ0) is 21.1. The second kappa shape index (κ2) is 11.8. The quantitative estimate of drug-likeness (QED) is 0.468. The molecule has 0 heterocycles. The molecule has 2 aromatic carbocycles. The van der Waals surface area contributed by atoms with E-state index < -0.39 is 0 Å². The van der Waals surface area contributed by atoms with Crippen molar-refractivity contribution in [2.45, 2.75) is 32.7 Å². The molecule has 0 spiro atoms. The molecule has 6 heteroatoms. The van der Waals surface area contributed by atoms with Crippen molar-refractivity contribution in [1.82, 2.24) is 10.6 Å².